The van der Waals surface area contributed by atoms with Crippen molar-refractivity contribution in [3.8, 4) is 0 Å². The lowest BCUT2D eigenvalue weighted by molar-refractivity contribution is -0.309. The molecule has 1 saturated carbocycles. The Morgan fingerprint density at radius 1 is 1.11 bits per heavy atom. The fraction of sp³-hybridized carbons (Fsp3) is 0.900. The first-order valence-electron chi connectivity index (χ1n) is 5.31. The van der Waals surface area contributed by atoms with E-state index in [1.807, 2.05) is 13.8 Å². The predicted octanol–water partition coefficient (Wildman–Crippen LogP) is 3.86. The number of aliphatic carboxylic acids is 1. The molecule has 1 aliphatic carbocycles. The van der Waals surface area contributed by atoms with Crippen LogP contribution in [-0.2, 0) is 4.79 Å². The van der Waals surface area contributed by atoms with E-state index in [9.17, 15) is 31.1 Å². The Labute approximate surface area is 100.0 Å². The van der Waals surface area contributed by atoms with Gasteiger partial charge in [0.15, 0.2) is 5.41 Å². The van der Waals surface area contributed by atoms with E-state index in [2.05, 4.69) is 0 Å². The van der Waals surface area contributed by atoms with E-state index in [0.717, 1.165) is 6.92 Å². The first-order valence-corrected chi connectivity index (χ1v) is 5.31. The van der Waals surface area contributed by atoms with Crippen molar-refractivity contribution in [2.45, 2.75) is 39.5 Å². The van der Waals surface area contributed by atoms with E-state index in [0.29, 0.717) is 0 Å². The van der Waals surface area contributed by atoms with Crippen LogP contribution in [0.15, 0.2) is 0 Å². The van der Waals surface area contributed by atoms with Crippen LogP contribution >= 0.6 is 0 Å². The molecule has 0 aliphatic heterocycles. The number of hydrogen-bond acceptors (Lipinski definition) is 1. The molecule has 108 valence electrons. The van der Waals surface area contributed by atoms with Gasteiger partial charge >= 0.3 is 18.3 Å². The summed E-state index contributed by atoms with van der Waals surface area (Å²) in [7, 11) is 0. The Kier molecular flexibility index (Phi) is 4.71. The van der Waals surface area contributed by atoms with E-state index < -0.39 is 42.0 Å². The highest BCUT2D eigenvalue weighted by atomic mass is 19.4. The van der Waals surface area contributed by atoms with Crippen molar-refractivity contribution in [1.82, 2.24) is 0 Å². The topological polar surface area (TPSA) is 37.3 Å². The minimum atomic E-state index is -5.47. The zero-order valence-corrected chi connectivity index (χ0v) is 9.99. The van der Waals surface area contributed by atoms with Crippen LogP contribution in [-0.4, -0.2) is 23.4 Å². The molecule has 0 aromatic heterocycles. The molecule has 1 aliphatic rings. The second kappa shape index (κ2) is 4.97. The SMILES string of the molecule is CC.CC1C(CC(=O)O)C1(C(F)(F)F)C(F)(F)F. The van der Waals surface area contributed by atoms with E-state index in [-0.39, 0.29) is 0 Å². The Bertz CT molecular complexity index is 292. The molecule has 0 saturated heterocycles. The molecule has 2 nitrogen and oxygen atoms in total. The summed E-state index contributed by atoms with van der Waals surface area (Å²) in [6.45, 7) is 4.77. The van der Waals surface area contributed by atoms with E-state index in [4.69, 9.17) is 5.11 Å². The molecule has 0 amide bonds. The molecule has 8 heteroatoms. The van der Waals surface area contributed by atoms with Crippen molar-refractivity contribution in [1.29, 1.82) is 0 Å². The van der Waals surface area contributed by atoms with Gasteiger partial charge in [0.2, 0.25) is 0 Å². The highest BCUT2D eigenvalue weighted by molar-refractivity contribution is 5.68. The van der Waals surface area contributed by atoms with Crippen LogP contribution < -0.4 is 0 Å². The molecule has 0 heterocycles. The van der Waals surface area contributed by atoms with Crippen LogP contribution in [0.5, 0.6) is 0 Å². The molecule has 2 unspecified atom stereocenters. The Morgan fingerprint density at radius 3 is 1.61 bits per heavy atom. The molecule has 1 fully saturated rings. The lowest BCUT2D eigenvalue weighted by Gasteiger charge is -2.24. The van der Waals surface area contributed by atoms with Crippen LogP contribution in [0.4, 0.5) is 26.3 Å². The van der Waals surface area contributed by atoms with Crippen molar-refractivity contribution in [2.24, 2.45) is 17.3 Å². The molecule has 0 aromatic rings. The fourth-order valence-electron chi connectivity index (χ4n) is 2.27. The smallest absolute Gasteiger partial charge is 0.403 e. The number of rotatable bonds is 2. The molecule has 0 radical (unpaired) electrons. The zero-order chi connectivity index (χ0) is 14.9. The largest absolute Gasteiger partial charge is 0.481 e. The zero-order valence-electron chi connectivity index (χ0n) is 9.99. The molecule has 0 spiro atoms. The Balaban J connectivity index is 0.00000137. The third kappa shape index (κ3) is 2.42. The van der Waals surface area contributed by atoms with Gasteiger partial charge in [-0.25, -0.2) is 0 Å². The molecule has 0 bridgehead atoms. The van der Waals surface area contributed by atoms with Gasteiger partial charge in [0.1, 0.15) is 0 Å². The molecule has 1 N–H and O–H groups in total. The van der Waals surface area contributed by atoms with Gasteiger partial charge in [-0.2, -0.15) is 26.3 Å². The van der Waals surface area contributed by atoms with Gasteiger partial charge in [0.05, 0.1) is 0 Å². The van der Waals surface area contributed by atoms with E-state index in [1.54, 1.807) is 0 Å². The molecule has 0 aromatic carbocycles. The van der Waals surface area contributed by atoms with Gasteiger partial charge in [-0.3, -0.25) is 4.79 Å². The Hall–Kier alpha value is -0.950. The summed E-state index contributed by atoms with van der Waals surface area (Å²) in [6.07, 6.45) is -12.1. The van der Waals surface area contributed by atoms with Gasteiger partial charge < -0.3 is 5.11 Å². The summed E-state index contributed by atoms with van der Waals surface area (Å²) in [5.74, 6) is -5.33. The first-order chi connectivity index (χ1) is 7.96. The standard InChI is InChI=1S/C8H8F6O2.C2H6/c1-3-4(2-5(15)16)6(3,7(9,10)11)8(12,13)14;1-2/h3-4H,2H2,1H3,(H,15,16);1-2H3. The third-order valence-electron chi connectivity index (χ3n) is 3.13. The molecule has 18 heavy (non-hydrogen) atoms. The van der Waals surface area contributed by atoms with Crippen LogP contribution in [0.2, 0.25) is 0 Å². The maximum absolute atomic E-state index is 12.4. The van der Waals surface area contributed by atoms with Crippen molar-refractivity contribution in [2.75, 3.05) is 0 Å². The Morgan fingerprint density at radius 2 is 1.44 bits per heavy atom. The molecular weight excluding hydrogens is 266 g/mol. The average Bonchev–Trinajstić information content (AvgIpc) is 2.73. The van der Waals surface area contributed by atoms with Crippen molar-refractivity contribution < 1.29 is 36.2 Å². The minimum Gasteiger partial charge on any atom is -0.481 e. The van der Waals surface area contributed by atoms with Gasteiger partial charge in [-0.15, -0.1) is 0 Å². The van der Waals surface area contributed by atoms with E-state index in [1.165, 1.54) is 0 Å². The van der Waals surface area contributed by atoms with Crippen molar-refractivity contribution >= 4 is 5.97 Å². The molecular formula is C10H14F6O2. The number of carboxylic acids is 1. The van der Waals surface area contributed by atoms with E-state index >= 15 is 0 Å². The summed E-state index contributed by atoms with van der Waals surface area (Å²) in [6, 6.07) is 0. The number of carbonyl (C=O) groups is 1. The summed E-state index contributed by atoms with van der Waals surface area (Å²) in [5, 5.41) is 8.27. The van der Waals surface area contributed by atoms with Crippen LogP contribution in [0.1, 0.15) is 27.2 Å². The van der Waals surface area contributed by atoms with Crippen LogP contribution in [0.25, 0.3) is 0 Å². The van der Waals surface area contributed by atoms with Gasteiger partial charge in [0.25, 0.3) is 0 Å². The maximum atomic E-state index is 12.4. The average molecular weight is 280 g/mol. The fourth-order valence-corrected chi connectivity index (χ4v) is 2.27. The quantitative estimate of drug-likeness (QED) is 0.780. The van der Waals surface area contributed by atoms with Crippen LogP contribution in [0, 0.1) is 17.3 Å². The maximum Gasteiger partial charge on any atom is 0.403 e. The predicted molar refractivity (Wildman–Crippen MR) is 50.8 cm³/mol. The van der Waals surface area contributed by atoms with Gasteiger partial charge in [-0.1, -0.05) is 20.8 Å². The number of carboxylic acid groups (broad SMARTS) is 1. The second-order valence-electron chi connectivity index (χ2n) is 3.86. The third-order valence-corrected chi connectivity index (χ3v) is 3.13. The summed E-state index contributed by atoms with van der Waals surface area (Å²) >= 11 is 0. The van der Waals surface area contributed by atoms with Crippen molar-refractivity contribution in [3.05, 3.63) is 0 Å². The van der Waals surface area contributed by atoms with Gasteiger partial charge in [0, 0.05) is 6.42 Å². The van der Waals surface area contributed by atoms with Crippen molar-refractivity contribution in [3.63, 3.8) is 0 Å². The summed E-state index contributed by atoms with van der Waals surface area (Å²) in [5.41, 5.74) is -3.85. The molecule has 1 rings (SSSR count). The monoisotopic (exact) mass is 280 g/mol. The number of halogens is 6. The highest BCUT2D eigenvalue weighted by Gasteiger charge is 2.87. The lowest BCUT2D eigenvalue weighted by atomic mass is 9.99. The number of alkyl halides is 6. The summed E-state index contributed by atoms with van der Waals surface area (Å²) < 4.78 is 74.6. The highest BCUT2D eigenvalue weighted by Crippen LogP contribution is 2.74. The molecule has 2 atom stereocenters. The summed E-state index contributed by atoms with van der Waals surface area (Å²) in [4.78, 5) is 10.2. The second-order valence-corrected chi connectivity index (χ2v) is 3.86. The van der Waals surface area contributed by atoms with Crippen LogP contribution in [0.3, 0.4) is 0 Å². The first kappa shape index (κ1) is 17.1. The normalized spacial score (nSPS) is 26.1. The number of hydrogen-bond donors (Lipinski definition) is 1. The van der Waals surface area contributed by atoms with Gasteiger partial charge in [-0.05, 0) is 11.8 Å². The minimum absolute atomic E-state index is 0.772. The lowest BCUT2D eigenvalue weighted by Crippen LogP contribution is -2.41.